The van der Waals surface area contributed by atoms with E-state index in [0.29, 0.717) is 36.1 Å². The summed E-state index contributed by atoms with van der Waals surface area (Å²) in [7, 11) is 0. The molecule has 0 aromatic heterocycles. The van der Waals surface area contributed by atoms with Crippen molar-refractivity contribution < 1.29 is 19.1 Å². The molecule has 2 aromatic rings. The number of hydrogen-bond acceptors (Lipinski definition) is 4. The lowest BCUT2D eigenvalue weighted by Gasteiger charge is -2.18. The minimum atomic E-state index is -0.134. The van der Waals surface area contributed by atoms with Gasteiger partial charge >= 0.3 is 0 Å². The van der Waals surface area contributed by atoms with E-state index in [4.69, 9.17) is 9.47 Å². The molecule has 0 atom stereocenters. The molecule has 0 radical (unpaired) electrons. The lowest BCUT2D eigenvalue weighted by molar-refractivity contribution is -0.116. The Kier molecular flexibility index (Phi) is 4.65. The highest BCUT2D eigenvalue weighted by atomic mass is 16.6. The molecule has 1 aliphatic heterocycles. The first-order chi connectivity index (χ1) is 11.6. The summed E-state index contributed by atoms with van der Waals surface area (Å²) in [4.78, 5) is 23.1. The smallest absolute Gasteiger partial charge is 0.228 e. The van der Waals surface area contributed by atoms with E-state index in [0.717, 1.165) is 5.56 Å². The molecule has 6 heteroatoms. The second kappa shape index (κ2) is 7.04. The molecule has 0 fully saturated rings. The van der Waals surface area contributed by atoms with Gasteiger partial charge in [-0.1, -0.05) is 6.07 Å². The van der Waals surface area contributed by atoms with Crippen molar-refractivity contribution in [2.24, 2.45) is 0 Å². The lowest BCUT2D eigenvalue weighted by Crippen LogP contribution is -2.17. The van der Waals surface area contributed by atoms with Crippen LogP contribution < -0.4 is 20.1 Å². The predicted molar refractivity (Wildman–Crippen MR) is 90.5 cm³/mol. The summed E-state index contributed by atoms with van der Waals surface area (Å²) < 4.78 is 11.0. The first-order valence-corrected chi connectivity index (χ1v) is 7.66. The van der Waals surface area contributed by atoms with Gasteiger partial charge < -0.3 is 20.1 Å². The van der Waals surface area contributed by atoms with Gasteiger partial charge in [0.1, 0.15) is 13.2 Å². The molecule has 6 nitrogen and oxygen atoms in total. The zero-order valence-corrected chi connectivity index (χ0v) is 13.3. The molecule has 0 unspecified atom stereocenters. The molecule has 2 aromatic carbocycles. The van der Waals surface area contributed by atoms with Crippen LogP contribution in [0.2, 0.25) is 0 Å². The van der Waals surface area contributed by atoms with Gasteiger partial charge in [0.05, 0.1) is 6.42 Å². The number of benzene rings is 2. The highest BCUT2D eigenvalue weighted by Crippen LogP contribution is 2.30. The Labute approximate surface area is 139 Å². The number of hydrogen-bond donors (Lipinski definition) is 2. The van der Waals surface area contributed by atoms with E-state index < -0.39 is 0 Å². The number of rotatable bonds is 4. The number of nitrogens with one attached hydrogen (secondary N) is 2. The summed E-state index contributed by atoms with van der Waals surface area (Å²) in [5.74, 6) is 1.12. The number of carbonyl (C=O) groups is 2. The molecule has 0 bridgehead atoms. The van der Waals surface area contributed by atoms with E-state index in [1.165, 1.54) is 6.92 Å². The van der Waals surface area contributed by atoms with Crippen molar-refractivity contribution in [1.29, 1.82) is 0 Å². The Morgan fingerprint density at radius 2 is 1.54 bits per heavy atom. The lowest BCUT2D eigenvalue weighted by atomic mass is 10.1. The van der Waals surface area contributed by atoms with Gasteiger partial charge in [-0.15, -0.1) is 0 Å². The molecular formula is C18H18N2O4. The van der Waals surface area contributed by atoms with E-state index in [2.05, 4.69) is 10.6 Å². The summed E-state index contributed by atoms with van der Waals surface area (Å²) in [5.41, 5.74) is 2.21. The Bertz CT molecular complexity index is 756. The summed E-state index contributed by atoms with van der Waals surface area (Å²) in [5, 5.41) is 5.50. The Hall–Kier alpha value is -3.02. The van der Waals surface area contributed by atoms with Gasteiger partial charge in [-0.05, 0) is 42.0 Å². The maximum absolute atomic E-state index is 12.2. The maximum Gasteiger partial charge on any atom is 0.228 e. The minimum Gasteiger partial charge on any atom is -0.486 e. The second-order valence-corrected chi connectivity index (χ2v) is 5.46. The van der Waals surface area contributed by atoms with Crippen LogP contribution in [0.25, 0.3) is 0 Å². The zero-order valence-electron chi connectivity index (χ0n) is 13.3. The first-order valence-electron chi connectivity index (χ1n) is 7.66. The van der Waals surface area contributed by atoms with Crippen LogP contribution in [0.4, 0.5) is 11.4 Å². The highest BCUT2D eigenvalue weighted by Gasteiger charge is 2.13. The third kappa shape index (κ3) is 4.04. The molecule has 1 heterocycles. The average molecular weight is 326 g/mol. The van der Waals surface area contributed by atoms with Crippen molar-refractivity contribution in [3.8, 4) is 11.5 Å². The predicted octanol–water partition coefficient (Wildman–Crippen LogP) is 2.60. The number of fused-ring (bicyclic) bond motifs is 1. The minimum absolute atomic E-state index is 0.126. The molecule has 1 aliphatic rings. The third-order valence-electron chi connectivity index (χ3n) is 3.46. The van der Waals surface area contributed by atoms with Crippen LogP contribution in [0.3, 0.4) is 0 Å². The number of ether oxygens (including phenoxy) is 2. The quantitative estimate of drug-likeness (QED) is 0.905. The van der Waals surface area contributed by atoms with Gasteiger partial charge in [0.15, 0.2) is 11.5 Å². The summed E-state index contributed by atoms with van der Waals surface area (Å²) in [6.45, 7) is 2.51. The molecule has 0 saturated heterocycles. The average Bonchev–Trinajstić information content (AvgIpc) is 2.56. The van der Waals surface area contributed by atoms with Crippen LogP contribution in [0.15, 0.2) is 42.5 Å². The van der Waals surface area contributed by atoms with Gasteiger partial charge in [0.25, 0.3) is 0 Å². The molecule has 0 spiro atoms. The van der Waals surface area contributed by atoms with Crippen molar-refractivity contribution in [2.75, 3.05) is 23.8 Å². The summed E-state index contributed by atoms with van der Waals surface area (Å²) >= 11 is 0. The van der Waals surface area contributed by atoms with Crippen molar-refractivity contribution in [3.63, 3.8) is 0 Å². The fraction of sp³-hybridized carbons (Fsp3) is 0.222. The van der Waals surface area contributed by atoms with Crippen molar-refractivity contribution in [2.45, 2.75) is 13.3 Å². The van der Waals surface area contributed by atoms with Crippen LogP contribution in [0.1, 0.15) is 12.5 Å². The van der Waals surface area contributed by atoms with Gasteiger partial charge in [-0.25, -0.2) is 0 Å². The molecule has 2 amide bonds. The van der Waals surface area contributed by atoms with E-state index in [1.54, 1.807) is 24.3 Å². The van der Waals surface area contributed by atoms with Crippen LogP contribution in [0.5, 0.6) is 11.5 Å². The highest BCUT2D eigenvalue weighted by molar-refractivity contribution is 5.93. The van der Waals surface area contributed by atoms with E-state index in [-0.39, 0.29) is 18.2 Å². The molecule has 0 aliphatic carbocycles. The Morgan fingerprint density at radius 3 is 2.21 bits per heavy atom. The third-order valence-corrected chi connectivity index (χ3v) is 3.46. The Morgan fingerprint density at radius 1 is 0.917 bits per heavy atom. The summed E-state index contributed by atoms with van der Waals surface area (Å²) in [6.07, 6.45) is 0.240. The number of amides is 2. The van der Waals surface area contributed by atoms with Crippen LogP contribution in [-0.2, 0) is 16.0 Å². The van der Waals surface area contributed by atoms with Crippen molar-refractivity contribution in [3.05, 3.63) is 48.0 Å². The second-order valence-electron chi connectivity index (χ2n) is 5.46. The zero-order chi connectivity index (χ0) is 16.9. The largest absolute Gasteiger partial charge is 0.486 e. The van der Waals surface area contributed by atoms with E-state index in [9.17, 15) is 9.59 Å². The van der Waals surface area contributed by atoms with Gasteiger partial charge in [-0.2, -0.15) is 0 Å². The molecular weight excluding hydrogens is 308 g/mol. The summed E-state index contributed by atoms with van der Waals surface area (Å²) in [6, 6.07) is 12.5. The monoisotopic (exact) mass is 326 g/mol. The fourth-order valence-electron chi connectivity index (χ4n) is 2.43. The van der Waals surface area contributed by atoms with Crippen LogP contribution in [0, 0.1) is 0 Å². The Balaban J connectivity index is 1.60. The van der Waals surface area contributed by atoms with Crippen molar-refractivity contribution >= 4 is 23.2 Å². The molecule has 2 N–H and O–H groups in total. The first kappa shape index (κ1) is 15.9. The molecule has 3 rings (SSSR count). The molecule has 0 saturated carbocycles. The van der Waals surface area contributed by atoms with E-state index >= 15 is 0 Å². The van der Waals surface area contributed by atoms with Crippen molar-refractivity contribution in [1.82, 2.24) is 0 Å². The normalized spacial score (nSPS) is 12.4. The SMILES string of the molecule is CC(=O)Nc1ccc(NC(=O)Cc2ccc3c(c2)OCCO3)cc1. The molecule has 24 heavy (non-hydrogen) atoms. The number of carbonyl (C=O) groups excluding carboxylic acids is 2. The maximum atomic E-state index is 12.2. The standard InChI is InChI=1S/C18H18N2O4/c1-12(21)19-14-3-5-15(6-4-14)20-18(22)11-13-2-7-16-17(10-13)24-9-8-23-16/h2-7,10H,8-9,11H2,1H3,(H,19,21)(H,20,22). The van der Waals surface area contributed by atoms with Gasteiger partial charge in [0, 0.05) is 18.3 Å². The van der Waals surface area contributed by atoms with Crippen LogP contribution in [-0.4, -0.2) is 25.0 Å². The molecule has 124 valence electrons. The van der Waals surface area contributed by atoms with Gasteiger partial charge in [0.2, 0.25) is 11.8 Å². The van der Waals surface area contributed by atoms with E-state index in [1.807, 2.05) is 18.2 Å². The van der Waals surface area contributed by atoms with Gasteiger partial charge in [-0.3, -0.25) is 9.59 Å². The topological polar surface area (TPSA) is 76.7 Å². The van der Waals surface area contributed by atoms with Crippen LogP contribution >= 0.6 is 0 Å². The number of anilines is 2. The fourth-order valence-corrected chi connectivity index (χ4v) is 2.43.